The molecule has 0 aliphatic heterocycles. The van der Waals surface area contributed by atoms with E-state index in [1.54, 1.807) is 0 Å². The number of rotatable bonds is 4. The summed E-state index contributed by atoms with van der Waals surface area (Å²) in [4.78, 5) is 15.6. The van der Waals surface area contributed by atoms with Gasteiger partial charge in [0.15, 0.2) is 11.5 Å². The molecule has 0 saturated carbocycles. The van der Waals surface area contributed by atoms with Gasteiger partial charge in [0, 0.05) is 12.5 Å². The van der Waals surface area contributed by atoms with Crippen LogP contribution < -0.4 is 11.1 Å². The van der Waals surface area contributed by atoms with Gasteiger partial charge in [-0.1, -0.05) is 13.8 Å². The van der Waals surface area contributed by atoms with Gasteiger partial charge in [0.1, 0.15) is 17.7 Å². The van der Waals surface area contributed by atoms with Crippen molar-refractivity contribution >= 4 is 17.0 Å². The van der Waals surface area contributed by atoms with Crippen LogP contribution in [0.4, 0.5) is 5.82 Å². The van der Waals surface area contributed by atoms with Gasteiger partial charge in [0.2, 0.25) is 0 Å². The van der Waals surface area contributed by atoms with Gasteiger partial charge in [-0.2, -0.15) is 0 Å². The zero-order valence-electron chi connectivity index (χ0n) is 9.49. The molecule has 0 spiro atoms. The SMILES string of the molecule is CCNCC(C)c1nc2ncnc(N)c2[nH]1. The van der Waals surface area contributed by atoms with Gasteiger partial charge < -0.3 is 16.0 Å². The molecule has 86 valence electrons. The normalized spacial score (nSPS) is 13.1. The van der Waals surface area contributed by atoms with Crippen molar-refractivity contribution in [2.45, 2.75) is 19.8 Å². The number of likely N-dealkylation sites (N-methyl/N-ethyl adjacent to an activating group) is 1. The molecule has 0 aliphatic rings. The minimum Gasteiger partial charge on any atom is -0.382 e. The Morgan fingerprint density at radius 1 is 1.50 bits per heavy atom. The van der Waals surface area contributed by atoms with Crippen LogP contribution in [0.1, 0.15) is 25.6 Å². The number of nitrogens with two attached hydrogens (primary N) is 1. The number of H-pyrrole nitrogens is 1. The molecule has 6 heteroatoms. The first-order valence-electron chi connectivity index (χ1n) is 5.39. The molecular formula is C10H16N6. The lowest BCUT2D eigenvalue weighted by Gasteiger charge is -2.07. The Hall–Kier alpha value is -1.69. The molecule has 16 heavy (non-hydrogen) atoms. The standard InChI is InChI=1S/C10H16N6/c1-3-12-4-6(2)9-15-7-8(11)13-5-14-10(7)16-9/h5-6,12H,3-4H2,1-2H3,(H3,11,13,14,15,16). The monoisotopic (exact) mass is 220 g/mol. The summed E-state index contributed by atoms with van der Waals surface area (Å²) in [6, 6.07) is 0. The van der Waals surface area contributed by atoms with Crippen LogP contribution in [0.15, 0.2) is 6.33 Å². The Morgan fingerprint density at radius 2 is 2.31 bits per heavy atom. The predicted octanol–water partition coefficient (Wildman–Crippen LogP) is 0.648. The molecule has 0 bridgehead atoms. The number of nitrogens with zero attached hydrogens (tertiary/aromatic N) is 3. The summed E-state index contributed by atoms with van der Waals surface area (Å²) in [7, 11) is 0. The van der Waals surface area contributed by atoms with E-state index in [1.807, 2.05) is 0 Å². The summed E-state index contributed by atoms with van der Waals surface area (Å²) in [5, 5.41) is 3.28. The Bertz CT molecular complexity index is 477. The van der Waals surface area contributed by atoms with Gasteiger partial charge in [-0.15, -0.1) is 0 Å². The minimum absolute atomic E-state index is 0.300. The number of hydrogen-bond acceptors (Lipinski definition) is 5. The van der Waals surface area contributed by atoms with Crippen molar-refractivity contribution in [3.63, 3.8) is 0 Å². The quantitative estimate of drug-likeness (QED) is 0.703. The van der Waals surface area contributed by atoms with Crippen molar-refractivity contribution < 1.29 is 0 Å². The fourth-order valence-corrected chi connectivity index (χ4v) is 1.56. The molecule has 2 heterocycles. The number of hydrogen-bond donors (Lipinski definition) is 3. The Kier molecular flexibility index (Phi) is 3.00. The number of aromatic nitrogens is 4. The average Bonchev–Trinajstić information content (AvgIpc) is 2.71. The molecule has 4 N–H and O–H groups in total. The lowest BCUT2D eigenvalue weighted by atomic mass is 10.2. The van der Waals surface area contributed by atoms with Crippen LogP contribution >= 0.6 is 0 Å². The zero-order valence-corrected chi connectivity index (χ0v) is 9.49. The van der Waals surface area contributed by atoms with Crippen molar-refractivity contribution in [3.8, 4) is 0 Å². The van der Waals surface area contributed by atoms with Crippen LogP contribution in [-0.4, -0.2) is 33.0 Å². The van der Waals surface area contributed by atoms with E-state index < -0.39 is 0 Å². The number of fused-ring (bicyclic) bond motifs is 1. The Morgan fingerprint density at radius 3 is 3.00 bits per heavy atom. The van der Waals surface area contributed by atoms with Crippen molar-refractivity contribution in [2.24, 2.45) is 0 Å². The molecule has 0 radical (unpaired) electrons. The summed E-state index contributed by atoms with van der Waals surface area (Å²) in [5.41, 5.74) is 7.09. The van der Waals surface area contributed by atoms with Gasteiger partial charge in [-0.25, -0.2) is 15.0 Å². The number of nitrogen functional groups attached to an aromatic ring is 1. The molecule has 0 fully saturated rings. The molecule has 1 unspecified atom stereocenters. The fourth-order valence-electron chi connectivity index (χ4n) is 1.56. The van der Waals surface area contributed by atoms with Crippen molar-refractivity contribution in [1.29, 1.82) is 0 Å². The lowest BCUT2D eigenvalue weighted by Crippen LogP contribution is -2.20. The minimum atomic E-state index is 0.300. The third kappa shape index (κ3) is 1.96. The summed E-state index contributed by atoms with van der Waals surface area (Å²) < 4.78 is 0. The molecule has 2 rings (SSSR count). The number of aromatic amines is 1. The van der Waals surface area contributed by atoms with E-state index in [4.69, 9.17) is 5.73 Å². The third-order valence-corrected chi connectivity index (χ3v) is 2.50. The van der Waals surface area contributed by atoms with Crippen molar-refractivity contribution in [3.05, 3.63) is 12.2 Å². The highest BCUT2D eigenvalue weighted by molar-refractivity contribution is 5.81. The van der Waals surface area contributed by atoms with Crippen LogP contribution in [0.5, 0.6) is 0 Å². The number of nitrogens with one attached hydrogen (secondary N) is 2. The highest BCUT2D eigenvalue weighted by Gasteiger charge is 2.12. The maximum atomic E-state index is 5.73. The number of anilines is 1. The van der Waals surface area contributed by atoms with Gasteiger partial charge >= 0.3 is 0 Å². The third-order valence-electron chi connectivity index (χ3n) is 2.50. The second-order valence-electron chi connectivity index (χ2n) is 3.79. The molecule has 0 aromatic carbocycles. The lowest BCUT2D eigenvalue weighted by molar-refractivity contribution is 0.614. The molecule has 2 aromatic heterocycles. The molecule has 0 aliphatic carbocycles. The smallest absolute Gasteiger partial charge is 0.183 e. The van der Waals surface area contributed by atoms with Crippen LogP contribution in [0.3, 0.4) is 0 Å². The van der Waals surface area contributed by atoms with E-state index in [1.165, 1.54) is 6.33 Å². The molecular weight excluding hydrogens is 204 g/mol. The van der Waals surface area contributed by atoms with Crippen molar-refractivity contribution in [2.75, 3.05) is 18.8 Å². The van der Waals surface area contributed by atoms with Crippen LogP contribution in [0.2, 0.25) is 0 Å². The summed E-state index contributed by atoms with van der Waals surface area (Å²) in [6.45, 7) is 6.01. The molecule has 0 saturated heterocycles. The summed E-state index contributed by atoms with van der Waals surface area (Å²) in [5.74, 6) is 1.64. The highest BCUT2D eigenvalue weighted by Crippen LogP contribution is 2.18. The van der Waals surface area contributed by atoms with E-state index in [-0.39, 0.29) is 0 Å². The summed E-state index contributed by atoms with van der Waals surface area (Å²) in [6.07, 6.45) is 1.43. The fraction of sp³-hybridized carbons (Fsp3) is 0.500. The first-order chi connectivity index (χ1) is 7.72. The maximum absolute atomic E-state index is 5.73. The molecule has 0 amide bonds. The molecule has 1 atom stereocenters. The van der Waals surface area contributed by atoms with Crippen LogP contribution in [0, 0.1) is 0 Å². The van der Waals surface area contributed by atoms with Crippen LogP contribution in [0.25, 0.3) is 11.2 Å². The first kappa shape index (κ1) is 10.8. The average molecular weight is 220 g/mol. The van der Waals surface area contributed by atoms with E-state index in [9.17, 15) is 0 Å². The second-order valence-corrected chi connectivity index (χ2v) is 3.79. The Balaban J connectivity index is 2.29. The predicted molar refractivity (Wildman–Crippen MR) is 63.1 cm³/mol. The largest absolute Gasteiger partial charge is 0.382 e. The Labute approximate surface area is 93.7 Å². The van der Waals surface area contributed by atoms with Gasteiger partial charge in [-0.05, 0) is 6.54 Å². The van der Waals surface area contributed by atoms with Gasteiger partial charge in [-0.3, -0.25) is 0 Å². The van der Waals surface area contributed by atoms with Gasteiger partial charge in [0.25, 0.3) is 0 Å². The van der Waals surface area contributed by atoms with E-state index in [2.05, 4.69) is 39.1 Å². The summed E-state index contributed by atoms with van der Waals surface area (Å²) >= 11 is 0. The maximum Gasteiger partial charge on any atom is 0.183 e. The van der Waals surface area contributed by atoms with Crippen molar-refractivity contribution in [1.82, 2.24) is 25.3 Å². The second kappa shape index (κ2) is 4.44. The highest BCUT2D eigenvalue weighted by atomic mass is 15.1. The first-order valence-corrected chi connectivity index (χ1v) is 5.39. The number of imidazole rings is 1. The van der Waals surface area contributed by atoms with Gasteiger partial charge in [0.05, 0.1) is 0 Å². The molecule has 2 aromatic rings. The van der Waals surface area contributed by atoms with E-state index in [0.29, 0.717) is 17.4 Å². The zero-order chi connectivity index (χ0) is 11.5. The van der Waals surface area contributed by atoms with Crippen LogP contribution in [-0.2, 0) is 0 Å². The topological polar surface area (TPSA) is 92.5 Å². The molecule has 6 nitrogen and oxygen atoms in total. The van der Waals surface area contributed by atoms with E-state index in [0.717, 1.165) is 24.4 Å². The van der Waals surface area contributed by atoms with E-state index >= 15 is 0 Å².